The number of benzene rings is 1. The molecule has 0 saturated carbocycles. The van der Waals surface area contributed by atoms with Gasteiger partial charge in [0.2, 0.25) is 0 Å². The summed E-state index contributed by atoms with van der Waals surface area (Å²) in [5, 5.41) is 19.0. The maximum absolute atomic E-state index is 11.1. The number of hydrogen-bond donors (Lipinski definition) is 1. The third kappa shape index (κ3) is 3.95. The summed E-state index contributed by atoms with van der Waals surface area (Å²) in [6.45, 7) is 2.27. The van der Waals surface area contributed by atoms with Crippen molar-refractivity contribution in [3.05, 3.63) is 39.9 Å². The average molecular weight is 325 g/mol. The van der Waals surface area contributed by atoms with Crippen molar-refractivity contribution in [2.75, 3.05) is 20.6 Å². The topological polar surface area (TPSA) is 77.2 Å². The maximum Gasteiger partial charge on any atom is 0.347 e. The molecule has 0 atom stereocenters. The summed E-state index contributed by atoms with van der Waals surface area (Å²) in [7, 11) is 3.85. The van der Waals surface area contributed by atoms with Gasteiger partial charge in [0.05, 0.1) is 17.8 Å². The molecule has 0 aliphatic rings. The van der Waals surface area contributed by atoms with Gasteiger partial charge >= 0.3 is 5.97 Å². The molecule has 6 heteroatoms. The van der Waals surface area contributed by atoms with Gasteiger partial charge in [-0.3, -0.25) is 4.90 Å². The Morgan fingerprint density at radius 1 is 1.39 bits per heavy atom. The first-order valence-electron chi connectivity index (χ1n) is 6.81. The number of nitrogens with zero attached hydrogens (tertiary/aromatic N) is 3. The zero-order valence-electron chi connectivity index (χ0n) is 13.0. The van der Waals surface area contributed by atoms with Crippen LogP contribution in [0, 0.1) is 30.1 Å². The Morgan fingerprint density at radius 2 is 2.13 bits per heavy atom. The second kappa shape index (κ2) is 7.06. The van der Waals surface area contributed by atoms with Gasteiger partial charge in [0.1, 0.15) is 16.0 Å². The number of rotatable bonds is 3. The van der Waals surface area contributed by atoms with Crippen LogP contribution in [0.25, 0.3) is 10.6 Å². The first kappa shape index (κ1) is 16.7. The molecule has 0 saturated heterocycles. The number of hydrogen-bond acceptors (Lipinski definition) is 5. The highest BCUT2D eigenvalue weighted by atomic mass is 32.1. The molecule has 5 nitrogen and oxygen atoms in total. The molecule has 0 spiro atoms. The van der Waals surface area contributed by atoms with Gasteiger partial charge in [-0.15, -0.1) is 11.3 Å². The van der Waals surface area contributed by atoms with Crippen LogP contribution in [0.5, 0.6) is 0 Å². The van der Waals surface area contributed by atoms with Crippen molar-refractivity contribution in [3.63, 3.8) is 0 Å². The molecule has 2 aromatic rings. The summed E-state index contributed by atoms with van der Waals surface area (Å²) in [4.78, 5) is 17.6. The van der Waals surface area contributed by atoms with E-state index in [0.717, 1.165) is 16.9 Å². The van der Waals surface area contributed by atoms with Crippen molar-refractivity contribution in [2.45, 2.75) is 6.92 Å². The number of nitriles is 1. The number of thiazole rings is 1. The van der Waals surface area contributed by atoms with Crippen LogP contribution in [0.2, 0.25) is 0 Å². The zero-order chi connectivity index (χ0) is 17.0. The van der Waals surface area contributed by atoms with Gasteiger partial charge in [0, 0.05) is 11.1 Å². The number of aromatic carboxylic acids is 1. The van der Waals surface area contributed by atoms with E-state index >= 15 is 0 Å². The van der Waals surface area contributed by atoms with Gasteiger partial charge in [-0.1, -0.05) is 17.9 Å². The first-order valence-corrected chi connectivity index (χ1v) is 7.63. The largest absolute Gasteiger partial charge is 0.477 e. The lowest BCUT2D eigenvalue weighted by Crippen LogP contribution is -2.10. The molecule has 0 aliphatic heterocycles. The van der Waals surface area contributed by atoms with Crippen molar-refractivity contribution in [3.8, 4) is 28.5 Å². The van der Waals surface area contributed by atoms with Crippen molar-refractivity contribution < 1.29 is 9.90 Å². The fraction of sp³-hybridized carbons (Fsp3) is 0.235. The Labute approximate surface area is 138 Å². The average Bonchev–Trinajstić information content (AvgIpc) is 2.89. The molecule has 0 radical (unpaired) electrons. The second-order valence-electron chi connectivity index (χ2n) is 5.15. The summed E-state index contributed by atoms with van der Waals surface area (Å²) in [5.74, 6) is 4.99. The molecule has 1 aromatic heterocycles. The summed E-state index contributed by atoms with van der Waals surface area (Å²) in [5.41, 5.74) is 2.31. The van der Waals surface area contributed by atoms with E-state index in [4.69, 9.17) is 5.11 Å². The number of carbonyl (C=O) groups is 1. The lowest BCUT2D eigenvalue weighted by atomic mass is 10.1. The molecule has 116 valence electrons. The van der Waals surface area contributed by atoms with E-state index in [2.05, 4.69) is 22.9 Å². The fourth-order valence-corrected chi connectivity index (χ4v) is 2.79. The number of aryl methyl sites for hydroxylation is 1. The molecule has 1 N–H and O–H groups in total. The molecular formula is C17H15N3O2S. The van der Waals surface area contributed by atoms with E-state index in [1.165, 1.54) is 0 Å². The van der Waals surface area contributed by atoms with E-state index < -0.39 is 5.97 Å². The summed E-state index contributed by atoms with van der Waals surface area (Å²) in [6.07, 6.45) is 0. The maximum atomic E-state index is 11.1. The summed E-state index contributed by atoms with van der Waals surface area (Å²) < 4.78 is 0. The Bertz CT molecular complexity index is 851. The lowest BCUT2D eigenvalue weighted by Gasteiger charge is -2.02. The predicted octanol–water partition coefficient (Wildman–Crippen LogP) is 2.60. The molecule has 1 heterocycles. The normalized spacial score (nSPS) is 10.0. The van der Waals surface area contributed by atoms with Gasteiger partial charge in [0.25, 0.3) is 0 Å². The summed E-state index contributed by atoms with van der Waals surface area (Å²) >= 11 is 1.10. The molecular weight excluding hydrogens is 310 g/mol. The van der Waals surface area contributed by atoms with Crippen LogP contribution < -0.4 is 0 Å². The smallest absolute Gasteiger partial charge is 0.347 e. The quantitative estimate of drug-likeness (QED) is 0.878. The van der Waals surface area contributed by atoms with Crippen molar-refractivity contribution in [2.24, 2.45) is 0 Å². The number of carboxylic acids is 1. The van der Waals surface area contributed by atoms with Crippen LogP contribution in [0.3, 0.4) is 0 Å². The van der Waals surface area contributed by atoms with E-state index in [9.17, 15) is 10.1 Å². The molecule has 0 unspecified atom stereocenters. The van der Waals surface area contributed by atoms with Crippen LogP contribution in [-0.4, -0.2) is 41.6 Å². The highest BCUT2D eigenvalue weighted by molar-refractivity contribution is 7.17. The van der Waals surface area contributed by atoms with Gasteiger partial charge < -0.3 is 5.11 Å². The third-order valence-corrected chi connectivity index (χ3v) is 4.19. The molecule has 0 amide bonds. The fourth-order valence-electron chi connectivity index (χ4n) is 1.89. The van der Waals surface area contributed by atoms with E-state index in [1.807, 2.05) is 25.1 Å². The summed E-state index contributed by atoms with van der Waals surface area (Å²) in [6, 6.07) is 7.41. The minimum atomic E-state index is -0.988. The molecule has 23 heavy (non-hydrogen) atoms. The van der Waals surface area contributed by atoms with Crippen LogP contribution in [0.15, 0.2) is 18.2 Å². The van der Waals surface area contributed by atoms with Crippen LogP contribution in [0.4, 0.5) is 0 Å². The standard InChI is InChI=1S/C17H15N3O2S/c1-11-15(17(21)22)23-16(19-11)13-7-6-12(14(9-13)10-18)5-4-8-20(2)3/h6-7,9H,8H2,1-3H3,(H,21,22). The van der Waals surface area contributed by atoms with Gasteiger partial charge in [-0.05, 0) is 33.2 Å². The number of carboxylic acid groups (broad SMARTS) is 1. The van der Waals surface area contributed by atoms with Crippen molar-refractivity contribution in [1.29, 1.82) is 5.26 Å². The van der Waals surface area contributed by atoms with Gasteiger partial charge in [0.15, 0.2) is 0 Å². The third-order valence-electron chi connectivity index (χ3n) is 3.00. The lowest BCUT2D eigenvalue weighted by molar-refractivity contribution is 0.0701. The number of aromatic nitrogens is 1. The monoisotopic (exact) mass is 325 g/mol. The highest BCUT2D eigenvalue weighted by Gasteiger charge is 2.15. The van der Waals surface area contributed by atoms with Gasteiger partial charge in [-0.2, -0.15) is 5.26 Å². The molecule has 2 rings (SSSR count). The minimum absolute atomic E-state index is 0.216. The van der Waals surface area contributed by atoms with Crippen LogP contribution in [0.1, 0.15) is 26.5 Å². The SMILES string of the molecule is Cc1nc(-c2ccc(C#CCN(C)C)c(C#N)c2)sc1C(=O)O. The van der Waals surface area contributed by atoms with Gasteiger partial charge in [-0.25, -0.2) is 9.78 Å². The zero-order valence-corrected chi connectivity index (χ0v) is 13.9. The van der Waals surface area contributed by atoms with Crippen LogP contribution in [-0.2, 0) is 0 Å². The highest BCUT2D eigenvalue weighted by Crippen LogP contribution is 2.29. The Morgan fingerprint density at radius 3 is 2.70 bits per heavy atom. The van der Waals surface area contributed by atoms with E-state index in [-0.39, 0.29) is 4.88 Å². The molecule has 0 fully saturated rings. The molecule has 1 aromatic carbocycles. The predicted molar refractivity (Wildman–Crippen MR) is 89.4 cm³/mol. The molecule has 0 bridgehead atoms. The minimum Gasteiger partial charge on any atom is -0.477 e. The Hall–Kier alpha value is -2.67. The first-order chi connectivity index (χ1) is 10.9. The van der Waals surface area contributed by atoms with E-state index in [1.54, 1.807) is 19.1 Å². The second-order valence-corrected chi connectivity index (χ2v) is 6.15. The Kier molecular flexibility index (Phi) is 5.13. The Balaban J connectivity index is 2.39. The van der Waals surface area contributed by atoms with E-state index in [0.29, 0.717) is 28.4 Å². The van der Waals surface area contributed by atoms with Crippen molar-refractivity contribution in [1.82, 2.24) is 9.88 Å². The van der Waals surface area contributed by atoms with Crippen molar-refractivity contribution >= 4 is 17.3 Å². The molecule has 0 aliphatic carbocycles. The van der Waals surface area contributed by atoms with Crippen LogP contribution >= 0.6 is 11.3 Å².